The highest BCUT2D eigenvalue weighted by molar-refractivity contribution is 7.98. The SMILES string of the molecule is Cc1cccn2c(=O)cc(CSc3nc4cc(Cl)ccc4c(=O)n3CCC(C)C)nc12. The number of pyridine rings is 1. The van der Waals surface area contributed by atoms with Crippen molar-refractivity contribution in [2.24, 2.45) is 5.92 Å². The van der Waals surface area contributed by atoms with Gasteiger partial charge in [0.1, 0.15) is 5.65 Å². The minimum atomic E-state index is -0.125. The Hall–Kier alpha value is -2.64. The lowest BCUT2D eigenvalue weighted by molar-refractivity contribution is 0.481. The summed E-state index contributed by atoms with van der Waals surface area (Å²) < 4.78 is 3.26. The third kappa shape index (κ3) is 4.52. The molecular formula is C23H23ClN4O2S. The first kappa shape index (κ1) is 21.6. The van der Waals surface area contributed by atoms with Crippen LogP contribution in [0.3, 0.4) is 0 Å². The Morgan fingerprint density at radius 1 is 1.13 bits per heavy atom. The van der Waals surface area contributed by atoms with Gasteiger partial charge in [-0.2, -0.15) is 0 Å². The summed E-state index contributed by atoms with van der Waals surface area (Å²) in [6.07, 6.45) is 2.58. The highest BCUT2D eigenvalue weighted by Gasteiger charge is 2.14. The zero-order chi connectivity index (χ0) is 22.1. The van der Waals surface area contributed by atoms with Crippen LogP contribution in [-0.2, 0) is 12.3 Å². The van der Waals surface area contributed by atoms with Gasteiger partial charge in [0.15, 0.2) is 5.16 Å². The second-order valence-electron chi connectivity index (χ2n) is 7.95. The summed E-state index contributed by atoms with van der Waals surface area (Å²) in [4.78, 5) is 35.0. The van der Waals surface area contributed by atoms with Crippen molar-refractivity contribution >= 4 is 39.9 Å². The van der Waals surface area contributed by atoms with Crippen LogP contribution in [0.15, 0.2) is 57.3 Å². The maximum Gasteiger partial charge on any atom is 0.262 e. The highest BCUT2D eigenvalue weighted by atomic mass is 35.5. The molecule has 31 heavy (non-hydrogen) atoms. The standard InChI is InChI=1S/C23H23ClN4O2S/c1-14(2)8-10-28-22(30)18-7-6-16(24)11-19(18)26-23(28)31-13-17-12-20(29)27-9-4-5-15(3)21(27)25-17/h4-7,9,11-12,14H,8,10,13H2,1-3H3. The molecule has 0 fully saturated rings. The Kier molecular flexibility index (Phi) is 6.16. The van der Waals surface area contributed by atoms with Gasteiger partial charge in [0.25, 0.3) is 11.1 Å². The largest absolute Gasteiger partial charge is 0.287 e. The number of benzene rings is 1. The van der Waals surface area contributed by atoms with Gasteiger partial charge >= 0.3 is 0 Å². The molecule has 8 heteroatoms. The number of aromatic nitrogens is 4. The van der Waals surface area contributed by atoms with Crippen LogP contribution in [0.25, 0.3) is 16.6 Å². The van der Waals surface area contributed by atoms with Crippen LogP contribution in [0.4, 0.5) is 0 Å². The van der Waals surface area contributed by atoms with E-state index in [1.807, 2.05) is 19.1 Å². The predicted octanol–water partition coefficient (Wildman–Crippen LogP) is 4.70. The van der Waals surface area contributed by atoms with E-state index in [9.17, 15) is 9.59 Å². The molecule has 3 aromatic heterocycles. The summed E-state index contributed by atoms with van der Waals surface area (Å²) in [5.74, 6) is 0.885. The zero-order valence-electron chi connectivity index (χ0n) is 17.6. The van der Waals surface area contributed by atoms with Crippen molar-refractivity contribution in [3.8, 4) is 0 Å². The molecule has 0 radical (unpaired) electrons. The Morgan fingerprint density at radius 2 is 1.94 bits per heavy atom. The number of hydrogen-bond acceptors (Lipinski definition) is 5. The molecule has 1 aromatic carbocycles. The van der Waals surface area contributed by atoms with Gasteiger partial charge in [0.2, 0.25) is 0 Å². The molecule has 4 rings (SSSR count). The Bertz CT molecular complexity index is 1390. The summed E-state index contributed by atoms with van der Waals surface area (Å²) in [5.41, 5.74) is 2.59. The molecule has 160 valence electrons. The minimum absolute atomic E-state index is 0.0767. The maximum atomic E-state index is 13.2. The molecule has 0 amide bonds. The first-order valence-corrected chi connectivity index (χ1v) is 11.5. The van der Waals surface area contributed by atoms with Gasteiger partial charge in [-0.05, 0) is 49.1 Å². The van der Waals surface area contributed by atoms with Gasteiger partial charge in [0.05, 0.1) is 16.6 Å². The third-order valence-corrected chi connectivity index (χ3v) is 6.35. The van der Waals surface area contributed by atoms with E-state index in [0.29, 0.717) is 50.6 Å². The lowest BCUT2D eigenvalue weighted by Crippen LogP contribution is -2.24. The minimum Gasteiger partial charge on any atom is -0.287 e. The van der Waals surface area contributed by atoms with E-state index in [2.05, 4.69) is 18.8 Å². The van der Waals surface area contributed by atoms with E-state index in [1.165, 1.54) is 17.8 Å². The zero-order valence-corrected chi connectivity index (χ0v) is 19.2. The van der Waals surface area contributed by atoms with E-state index in [-0.39, 0.29) is 11.1 Å². The second-order valence-corrected chi connectivity index (χ2v) is 9.33. The molecule has 0 aliphatic carbocycles. The summed E-state index contributed by atoms with van der Waals surface area (Å²) in [7, 11) is 0. The van der Waals surface area contributed by atoms with Crippen molar-refractivity contribution in [3.63, 3.8) is 0 Å². The fourth-order valence-electron chi connectivity index (χ4n) is 3.39. The number of halogens is 1. The average Bonchev–Trinajstić information content (AvgIpc) is 2.72. The van der Waals surface area contributed by atoms with Crippen molar-refractivity contribution in [2.75, 3.05) is 0 Å². The van der Waals surface area contributed by atoms with Crippen LogP contribution in [0.5, 0.6) is 0 Å². The Morgan fingerprint density at radius 3 is 2.71 bits per heavy atom. The molecule has 0 atom stereocenters. The lowest BCUT2D eigenvalue weighted by atomic mass is 10.1. The molecule has 0 bridgehead atoms. The molecule has 0 unspecified atom stereocenters. The number of rotatable bonds is 6. The first-order valence-electron chi connectivity index (χ1n) is 10.1. The van der Waals surface area contributed by atoms with Crippen molar-refractivity contribution in [1.29, 1.82) is 0 Å². The molecule has 3 heterocycles. The van der Waals surface area contributed by atoms with Crippen LogP contribution in [-0.4, -0.2) is 18.9 Å². The van der Waals surface area contributed by atoms with E-state index in [4.69, 9.17) is 16.6 Å². The number of fused-ring (bicyclic) bond motifs is 2. The summed E-state index contributed by atoms with van der Waals surface area (Å²) in [6.45, 7) is 6.76. The fourth-order valence-corrected chi connectivity index (χ4v) is 4.47. The number of aryl methyl sites for hydroxylation is 1. The quantitative estimate of drug-likeness (QED) is 0.312. The number of hydrogen-bond donors (Lipinski definition) is 0. The van der Waals surface area contributed by atoms with Gasteiger partial charge in [-0.3, -0.25) is 18.6 Å². The molecule has 0 saturated heterocycles. The monoisotopic (exact) mass is 454 g/mol. The molecule has 0 aliphatic heterocycles. The average molecular weight is 455 g/mol. The molecule has 4 aromatic rings. The van der Waals surface area contributed by atoms with Crippen LogP contribution < -0.4 is 11.1 Å². The topological polar surface area (TPSA) is 69.3 Å². The first-order chi connectivity index (χ1) is 14.8. The number of thioether (sulfide) groups is 1. The van der Waals surface area contributed by atoms with Crippen LogP contribution in [0.1, 0.15) is 31.5 Å². The molecule has 6 nitrogen and oxygen atoms in total. The van der Waals surface area contributed by atoms with Crippen LogP contribution in [0, 0.1) is 12.8 Å². The van der Waals surface area contributed by atoms with E-state index < -0.39 is 0 Å². The van der Waals surface area contributed by atoms with Crippen LogP contribution in [0.2, 0.25) is 5.02 Å². The second kappa shape index (κ2) is 8.85. The summed E-state index contributed by atoms with van der Waals surface area (Å²) >= 11 is 7.53. The van der Waals surface area contributed by atoms with Crippen molar-refractivity contribution in [3.05, 3.63) is 79.6 Å². The Balaban J connectivity index is 1.74. The van der Waals surface area contributed by atoms with Gasteiger partial charge in [-0.15, -0.1) is 0 Å². The maximum absolute atomic E-state index is 13.2. The molecule has 0 spiro atoms. The molecular weight excluding hydrogens is 432 g/mol. The van der Waals surface area contributed by atoms with E-state index in [0.717, 1.165) is 12.0 Å². The smallest absolute Gasteiger partial charge is 0.262 e. The van der Waals surface area contributed by atoms with E-state index >= 15 is 0 Å². The molecule has 0 saturated carbocycles. The van der Waals surface area contributed by atoms with Crippen LogP contribution >= 0.6 is 23.4 Å². The Labute approximate surface area is 188 Å². The lowest BCUT2D eigenvalue weighted by Gasteiger charge is -2.14. The third-order valence-electron chi connectivity index (χ3n) is 5.10. The molecule has 0 aliphatic rings. The van der Waals surface area contributed by atoms with Gasteiger partial charge in [0, 0.05) is 29.6 Å². The van der Waals surface area contributed by atoms with Crippen molar-refractivity contribution in [2.45, 2.75) is 44.6 Å². The summed E-state index contributed by atoms with van der Waals surface area (Å²) in [6, 6.07) is 10.4. The van der Waals surface area contributed by atoms with Gasteiger partial charge in [-0.1, -0.05) is 43.3 Å². The van der Waals surface area contributed by atoms with Gasteiger partial charge < -0.3 is 0 Å². The van der Waals surface area contributed by atoms with Crippen molar-refractivity contribution < 1.29 is 0 Å². The van der Waals surface area contributed by atoms with Gasteiger partial charge in [-0.25, -0.2) is 9.97 Å². The highest BCUT2D eigenvalue weighted by Crippen LogP contribution is 2.24. The van der Waals surface area contributed by atoms with Crippen molar-refractivity contribution in [1.82, 2.24) is 18.9 Å². The predicted molar refractivity (Wildman–Crippen MR) is 126 cm³/mol. The normalized spacial score (nSPS) is 11.6. The fraction of sp³-hybridized carbons (Fsp3) is 0.304. The molecule has 0 N–H and O–H groups in total. The number of nitrogens with zero attached hydrogens (tertiary/aromatic N) is 4. The summed E-state index contributed by atoms with van der Waals surface area (Å²) in [5, 5.41) is 1.69. The van der Waals surface area contributed by atoms with E-state index in [1.54, 1.807) is 33.4 Å².